The lowest BCUT2D eigenvalue weighted by Gasteiger charge is -2.20. The highest BCUT2D eigenvalue weighted by atomic mass is 16.6. The summed E-state index contributed by atoms with van der Waals surface area (Å²) >= 11 is 0. The van der Waals surface area contributed by atoms with Crippen LogP contribution in [-0.4, -0.2) is 31.4 Å². The van der Waals surface area contributed by atoms with Crippen LogP contribution in [-0.2, 0) is 6.42 Å². The summed E-state index contributed by atoms with van der Waals surface area (Å²) in [6, 6.07) is 10.3. The van der Waals surface area contributed by atoms with Crippen LogP contribution in [0.2, 0.25) is 0 Å². The molecule has 23 heavy (non-hydrogen) atoms. The zero-order chi connectivity index (χ0) is 16.4. The first-order valence-corrected chi connectivity index (χ1v) is 7.18. The van der Waals surface area contributed by atoms with Gasteiger partial charge in [-0.05, 0) is 36.2 Å². The van der Waals surface area contributed by atoms with E-state index in [1.54, 1.807) is 26.4 Å². The van der Waals surface area contributed by atoms with Crippen molar-refractivity contribution in [1.82, 2.24) is 0 Å². The third kappa shape index (κ3) is 2.75. The molecule has 0 N–H and O–H groups in total. The zero-order valence-electron chi connectivity index (χ0n) is 12.9. The van der Waals surface area contributed by atoms with Crippen LogP contribution in [0.5, 0.6) is 11.5 Å². The van der Waals surface area contributed by atoms with Crippen molar-refractivity contribution in [3.05, 3.63) is 63.2 Å². The number of nitro benzene ring substituents is 1. The molecule has 6 heteroatoms. The second kappa shape index (κ2) is 6.08. The summed E-state index contributed by atoms with van der Waals surface area (Å²) in [6.07, 6.45) is 0.826. The molecule has 1 heterocycles. The number of benzene rings is 2. The minimum absolute atomic E-state index is 0.0673. The summed E-state index contributed by atoms with van der Waals surface area (Å²) in [5.41, 5.74) is 3.84. The SMILES string of the molecule is COc1cc2c(cc1OC)C(c1ccc([N+](=O)[O-])cc1)=NCC2. The van der Waals surface area contributed by atoms with Gasteiger partial charge in [0.25, 0.3) is 5.69 Å². The van der Waals surface area contributed by atoms with Gasteiger partial charge in [-0.3, -0.25) is 15.1 Å². The fraction of sp³-hybridized carbons (Fsp3) is 0.235. The van der Waals surface area contributed by atoms with Crippen LogP contribution in [0.15, 0.2) is 41.4 Å². The second-order valence-electron chi connectivity index (χ2n) is 5.15. The Bertz CT molecular complexity index is 782. The number of nitro groups is 1. The highest BCUT2D eigenvalue weighted by molar-refractivity contribution is 6.14. The van der Waals surface area contributed by atoms with Gasteiger partial charge in [0.15, 0.2) is 11.5 Å². The zero-order valence-corrected chi connectivity index (χ0v) is 12.9. The molecule has 2 aromatic rings. The quantitative estimate of drug-likeness (QED) is 0.642. The molecule has 3 rings (SSSR count). The van der Waals surface area contributed by atoms with Gasteiger partial charge in [-0.15, -0.1) is 0 Å². The van der Waals surface area contributed by atoms with E-state index in [0.29, 0.717) is 18.0 Å². The van der Waals surface area contributed by atoms with Crippen molar-refractivity contribution < 1.29 is 14.4 Å². The first-order chi connectivity index (χ1) is 11.1. The molecule has 0 radical (unpaired) electrons. The minimum Gasteiger partial charge on any atom is -0.493 e. The lowest BCUT2D eigenvalue weighted by molar-refractivity contribution is -0.384. The normalized spacial score (nSPS) is 13.0. The number of non-ortho nitro benzene ring substituents is 1. The van der Waals surface area contributed by atoms with Crippen LogP contribution < -0.4 is 9.47 Å². The van der Waals surface area contributed by atoms with Crippen molar-refractivity contribution in [1.29, 1.82) is 0 Å². The lowest BCUT2D eigenvalue weighted by atomic mass is 9.92. The molecule has 6 nitrogen and oxygen atoms in total. The Morgan fingerprint density at radius 1 is 1.09 bits per heavy atom. The van der Waals surface area contributed by atoms with Crippen molar-refractivity contribution in [2.75, 3.05) is 20.8 Å². The first-order valence-electron chi connectivity index (χ1n) is 7.18. The van der Waals surface area contributed by atoms with Crippen molar-refractivity contribution in [3.63, 3.8) is 0 Å². The molecule has 0 unspecified atom stereocenters. The molecule has 0 atom stereocenters. The Balaban J connectivity index is 2.06. The van der Waals surface area contributed by atoms with Crippen LogP contribution in [0.25, 0.3) is 0 Å². The Hall–Kier alpha value is -2.89. The van der Waals surface area contributed by atoms with Gasteiger partial charge >= 0.3 is 0 Å². The third-order valence-corrected chi connectivity index (χ3v) is 3.87. The Morgan fingerprint density at radius 3 is 2.35 bits per heavy atom. The largest absolute Gasteiger partial charge is 0.493 e. The molecule has 0 bridgehead atoms. The molecule has 1 aliphatic rings. The van der Waals surface area contributed by atoms with E-state index in [2.05, 4.69) is 4.99 Å². The van der Waals surface area contributed by atoms with Gasteiger partial charge in [-0.2, -0.15) is 0 Å². The van der Waals surface area contributed by atoms with E-state index in [0.717, 1.165) is 28.8 Å². The molecule has 0 spiro atoms. The molecule has 0 saturated heterocycles. The average Bonchev–Trinajstić information content (AvgIpc) is 2.60. The van der Waals surface area contributed by atoms with E-state index >= 15 is 0 Å². The predicted octanol–water partition coefficient (Wildman–Crippen LogP) is 3.01. The third-order valence-electron chi connectivity index (χ3n) is 3.87. The van der Waals surface area contributed by atoms with E-state index in [1.165, 1.54) is 12.1 Å². The van der Waals surface area contributed by atoms with Crippen molar-refractivity contribution in [2.45, 2.75) is 6.42 Å². The van der Waals surface area contributed by atoms with E-state index in [1.807, 2.05) is 12.1 Å². The summed E-state index contributed by atoms with van der Waals surface area (Å²) in [4.78, 5) is 15.0. The summed E-state index contributed by atoms with van der Waals surface area (Å²) in [5, 5.41) is 10.8. The molecule has 0 aliphatic carbocycles. The molecule has 0 saturated carbocycles. The number of ether oxygens (including phenoxy) is 2. The number of aliphatic imine (C=N–C) groups is 1. The Labute approximate surface area is 133 Å². The summed E-state index contributed by atoms with van der Waals surface area (Å²) in [7, 11) is 3.20. The standard InChI is InChI=1S/C17H16N2O4/c1-22-15-9-12-7-8-18-17(14(12)10-16(15)23-2)11-3-5-13(6-4-11)19(20)21/h3-6,9-10H,7-8H2,1-2H3. The Kier molecular flexibility index (Phi) is 3.97. The van der Waals surface area contributed by atoms with Gasteiger partial charge in [0.1, 0.15) is 0 Å². The molecule has 0 aromatic heterocycles. The van der Waals surface area contributed by atoms with Crippen molar-refractivity contribution >= 4 is 11.4 Å². The number of fused-ring (bicyclic) bond motifs is 1. The van der Waals surface area contributed by atoms with Crippen LogP contribution >= 0.6 is 0 Å². The number of nitrogens with zero attached hydrogens (tertiary/aromatic N) is 2. The van der Waals surface area contributed by atoms with Gasteiger partial charge in [0.2, 0.25) is 0 Å². The smallest absolute Gasteiger partial charge is 0.269 e. The van der Waals surface area contributed by atoms with Crippen molar-refractivity contribution in [2.24, 2.45) is 4.99 Å². The molecule has 1 aliphatic heterocycles. The summed E-state index contributed by atoms with van der Waals surface area (Å²) in [5.74, 6) is 1.33. The van der Waals surface area contributed by atoms with Gasteiger partial charge < -0.3 is 9.47 Å². The van der Waals surface area contributed by atoms with Crippen LogP contribution in [0.4, 0.5) is 5.69 Å². The fourth-order valence-corrected chi connectivity index (χ4v) is 2.71. The van der Waals surface area contributed by atoms with Crippen LogP contribution in [0.3, 0.4) is 0 Å². The number of hydrogen-bond acceptors (Lipinski definition) is 5. The van der Waals surface area contributed by atoms with Crippen LogP contribution in [0, 0.1) is 10.1 Å². The number of rotatable bonds is 4. The van der Waals surface area contributed by atoms with E-state index in [9.17, 15) is 10.1 Å². The van der Waals surface area contributed by atoms with Crippen LogP contribution in [0.1, 0.15) is 16.7 Å². The van der Waals surface area contributed by atoms with Crippen molar-refractivity contribution in [3.8, 4) is 11.5 Å². The molecular weight excluding hydrogens is 296 g/mol. The maximum atomic E-state index is 10.8. The second-order valence-corrected chi connectivity index (χ2v) is 5.15. The molecule has 0 amide bonds. The van der Waals surface area contributed by atoms with Gasteiger partial charge in [0, 0.05) is 29.8 Å². The van der Waals surface area contributed by atoms with Gasteiger partial charge in [-0.25, -0.2) is 0 Å². The van der Waals surface area contributed by atoms with E-state index in [4.69, 9.17) is 9.47 Å². The lowest BCUT2D eigenvalue weighted by Crippen LogP contribution is -2.14. The first kappa shape index (κ1) is 15.0. The topological polar surface area (TPSA) is 74.0 Å². The maximum Gasteiger partial charge on any atom is 0.269 e. The minimum atomic E-state index is -0.408. The molecule has 0 fully saturated rings. The number of methoxy groups -OCH3 is 2. The summed E-state index contributed by atoms with van der Waals surface area (Å²) < 4.78 is 10.7. The summed E-state index contributed by atoms with van der Waals surface area (Å²) in [6.45, 7) is 0.675. The molecule has 2 aromatic carbocycles. The fourth-order valence-electron chi connectivity index (χ4n) is 2.71. The average molecular weight is 312 g/mol. The predicted molar refractivity (Wildman–Crippen MR) is 86.9 cm³/mol. The number of hydrogen-bond donors (Lipinski definition) is 0. The van der Waals surface area contributed by atoms with E-state index in [-0.39, 0.29) is 5.69 Å². The molecule has 118 valence electrons. The van der Waals surface area contributed by atoms with Gasteiger partial charge in [0.05, 0.1) is 24.9 Å². The maximum absolute atomic E-state index is 10.8. The monoisotopic (exact) mass is 312 g/mol. The van der Waals surface area contributed by atoms with Gasteiger partial charge in [-0.1, -0.05) is 0 Å². The molecular formula is C17H16N2O4. The highest BCUT2D eigenvalue weighted by Crippen LogP contribution is 2.33. The Morgan fingerprint density at radius 2 is 1.74 bits per heavy atom. The highest BCUT2D eigenvalue weighted by Gasteiger charge is 2.20. The van der Waals surface area contributed by atoms with E-state index < -0.39 is 4.92 Å².